The minimum atomic E-state index is -0.299. The molecule has 0 atom stereocenters. The molecule has 0 aliphatic rings. The highest BCUT2D eigenvalue weighted by Crippen LogP contribution is 1.99. The van der Waals surface area contributed by atoms with Crippen molar-refractivity contribution in [2.45, 2.75) is 6.92 Å². The molecule has 74 valence electrons. The average Bonchev–Trinajstić information content (AvgIpc) is 2.15. The van der Waals surface area contributed by atoms with Gasteiger partial charge in [-0.05, 0) is 24.6 Å². The van der Waals surface area contributed by atoms with Gasteiger partial charge in [-0.2, -0.15) is 0 Å². The highest BCUT2D eigenvalue weighted by atomic mass is 19.1. The lowest BCUT2D eigenvalue weighted by Crippen LogP contribution is -1.99. The molecule has 0 radical (unpaired) electrons. The minimum Gasteiger partial charge on any atom is -0.388 e. The van der Waals surface area contributed by atoms with Crippen molar-refractivity contribution in [3.8, 4) is 0 Å². The molecule has 0 fully saturated rings. The number of carbonyl (C=O) groups excluding carboxylic acids is 1. The normalized spacial score (nSPS) is 10.4. The van der Waals surface area contributed by atoms with E-state index >= 15 is 0 Å². The van der Waals surface area contributed by atoms with Gasteiger partial charge in [0.2, 0.25) is 0 Å². The van der Waals surface area contributed by atoms with Crippen LogP contribution in [0.1, 0.15) is 12.5 Å². The zero-order valence-corrected chi connectivity index (χ0v) is 7.74. The molecule has 0 spiro atoms. The topological polar surface area (TPSA) is 38.7 Å². The number of nitrogens with zero attached hydrogens (tertiary/aromatic N) is 1. The van der Waals surface area contributed by atoms with E-state index in [1.807, 2.05) is 0 Å². The lowest BCUT2D eigenvalue weighted by Gasteiger charge is -1.94. The molecule has 0 bridgehead atoms. The highest BCUT2D eigenvalue weighted by molar-refractivity contribution is 5.79. The van der Waals surface area contributed by atoms with E-state index in [0.717, 1.165) is 5.56 Å². The summed E-state index contributed by atoms with van der Waals surface area (Å²) in [7, 11) is 0. The number of benzene rings is 1. The van der Waals surface area contributed by atoms with Crippen LogP contribution < -0.4 is 0 Å². The number of rotatable bonds is 4. The molecule has 0 aliphatic heterocycles. The maximum Gasteiger partial charge on any atom is 0.174 e. The van der Waals surface area contributed by atoms with Gasteiger partial charge in [0.05, 0.1) is 6.21 Å². The molecular formula is C10H10FNO2. The van der Waals surface area contributed by atoms with Crippen molar-refractivity contribution in [3.05, 3.63) is 35.6 Å². The molecule has 1 rings (SSSR count). The van der Waals surface area contributed by atoms with E-state index in [1.165, 1.54) is 25.3 Å². The Labute approximate surface area is 81.2 Å². The van der Waals surface area contributed by atoms with Crippen molar-refractivity contribution < 1.29 is 14.0 Å². The van der Waals surface area contributed by atoms with Crippen LogP contribution in [-0.4, -0.2) is 18.6 Å². The first-order chi connectivity index (χ1) is 6.68. The summed E-state index contributed by atoms with van der Waals surface area (Å²) in [6.07, 6.45) is 1.42. The van der Waals surface area contributed by atoms with Crippen LogP contribution in [0.15, 0.2) is 29.4 Å². The zero-order valence-electron chi connectivity index (χ0n) is 7.74. The molecule has 0 unspecified atom stereocenters. The van der Waals surface area contributed by atoms with E-state index in [2.05, 4.69) is 9.99 Å². The molecule has 0 aliphatic carbocycles. The monoisotopic (exact) mass is 195 g/mol. The van der Waals surface area contributed by atoms with E-state index in [1.54, 1.807) is 12.1 Å². The van der Waals surface area contributed by atoms with E-state index in [-0.39, 0.29) is 18.2 Å². The fourth-order valence-electron chi connectivity index (χ4n) is 0.775. The second-order valence-electron chi connectivity index (χ2n) is 2.76. The van der Waals surface area contributed by atoms with Gasteiger partial charge in [-0.25, -0.2) is 4.39 Å². The number of hydrogen-bond acceptors (Lipinski definition) is 3. The fourth-order valence-corrected chi connectivity index (χ4v) is 0.775. The first kappa shape index (κ1) is 10.4. The Balaban J connectivity index is 2.44. The highest BCUT2D eigenvalue weighted by Gasteiger charge is 1.91. The molecule has 4 heteroatoms. The van der Waals surface area contributed by atoms with Crippen LogP contribution >= 0.6 is 0 Å². The van der Waals surface area contributed by atoms with E-state index in [0.29, 0.717) is 0 Å². The van der Waals surface area contributed by atoms with Gasteiger partial charge in [-0.1, -0.05) is 17.3 Å². The van der Waals surface area contributed by atoms with Gasteiger partial charge in [0, 0.05) is 0 Å². The molecule has 1 aromatic carbocycles. The first-order valence-corrected chi connectivity index (χ1v) is 4.09. The van der Waals surface area contributed by atoms with Crippen LogP contribution in [0.5, 0.6) is 0 Å². The molecule has 0 amide bonds. The molecule has 0 saturated carbocycles. The Hall–Kier alpha value is -1.71. The van der Waals surface area contributed by atoms with Gasteiger partial charge in [0.1, 0.15) is 5.82 Å². The number of carbonyl (C=O) groups is 1. The maximum atomic E-state index is 12.5. The summed E-state index contributed by atoms with van der Waals surface area (Å²) in [6.45, 7) is 1.37. The largest absolute Gasteiger partial charge is 0.388 e. The SMILES string of the molecule is CC(=O)CO/N=C/c1ccc(F)cc1. The number of halogens is 1. The molecule has 3 nitrogen and oxygen atoms in total. The van der Waals surface area contributed by atoms with Crippen LogP contribution in [0.4, 0.5) is 4.39 Å². The Morgan fingerprint density at radius 3 is 2.71 bits per heavy atom. The second-order valence-corrected chi connectivity index (χ2v) is 2.76. The Kier molecular flexibility index (Phi) is 3.79. The predicted octanol–water partition coefficient (Wildman–Crippen LogP) is 1.77. The van der Waals surface area contributed by atoms with E-state index < -0.39 is 0 Å². The summed E-state index contributed by atoms with van der Waals surface area (Å²) >= 11 is 0. The zero-order chi connectivity index (χ0) is 10.4. The third-order valence-corrected chi connectivity index (χ3v) is 1.41. The summed E-state index contributed by atoms with van der Waals surface area (Å²) in [4.78, 5) is 15.1. The van der Waals surface area contributed by atoms with Crippen LogP contribution in [0.3, 0.4) is 0 Å². The minimum absolute atomic E-state index is 0.0440. The summed E-state index contributed by atoms with van der Waals surface area (Å²) in [6, 6.07) is 5.78. The molecular weight excluding hydrogens is 185 g/mol. The van der Waals surface area contributed by atoms with Crippen molar-refractivity contribution in [3.63, 3.8) is 0 Å². The standard InChI is InChI=1S/C10H10FNO2/c1-8(13)7-14-12-6-9-2-4-10(11)5-3-9/h2-6H,7H2,1H3/b12-6+. The molecule has 1 aromatic rings. The molecule has 0 heterocycles. The second kappa shape index (κ2) is 5.11. The van der Waals surface area contributed by atoms with Gasteiger partial charge in [0.25, 0.3) is 0 Å². The van der Waals surface area contributed by atoms with Crippen molar-refractivity contribution >= 4 is 12.0 Å². The lowest BCUT2D eigenvalue weighted by molar-refractivity contribution is -0.121. The van der Waals surface area contributed by atoms with Crippen LogP contribution in [0.2, 0.25) is 0 Å². The Bertz CT molecular complexity index is 332. The number of oxime groups is 1. The molecule has 0 N–H and O–H groups in total. The van der Waals surface area contributed by atoms with Gasteiger partial charge in [-0.3, -0.25) is 4.79 Å². The molecule has 0 saturated heterocycles. The summed E-state index contributed by atoms with van der Waals surface area (Å²) < 4.78 is 12.5. The number of hydrogen-bond donors (Lipinski definition) is 0. The van der Waals surface area contributed by atoms with Gasteiger partial charge in [0.15, 0.2) is 12.4 Å². The lowest BCUT2D eigenvalue weighted by atomic mass is 10.2. The Morgan fingerprint density at radius 2 is 2.14 bits per heavy atom. The third kappa shape index (κ3) is 3.80. The smallest absolute Gasteiger partial charge is 0.174 e. The Morgan fingerprint density at radius 1 is 1.50 bits per heavy atom. The van der Waals surface area contributed by atoms with Crippen LogP contribution in [-0.2, 0) is 9.63 Å². The number of ketones is 1. The molecule has 0 aromatic heterocycles. The number of Topliss-reactive ketones (excluding diaryl/α,β-unsaturated/α-hetero) is 1. The average molecular weight is 195 g/mol. The maximum absolute atomic E-state index is 12.5. The summed E-state index contributed by atoms with van der Waals surface area (Å²) in [5, 5.41) is 3.54. The predicted molar refractivity (Wildman–Crippen MR) is 50.6 cm³/mol. The quantitative estimate of drug-likeness (QED) is 0.542. The summed E-state index contributed by atoms with van der Waals surface area (Å²) in [5.41, 5.74) is 0.718. The van der Waals surface area contributed by atoms with Gasteiger partial charge >= 0.3 is 0 Å². The first-order valence-electron chi connectivity index (χ1n) is 4.09. The summed E-state index contributed by atoms with van der Waals surface area (Å²) in [5.74, 6) is -0.395. The van der Waals surface area contributed by atoms with Gasteiger partial charge in [-0.15, -0.1) is 0 Å². The van der Waals surface area contributed by atoms with Crippen LogP contribution in [0, 0.1) is 5.82 Å². The van der Waals surface area contributed by atoms with E-state index in [4.69, 9.17) is 0 Å². The van der Waals surface area contributed by atoms with Crippen molar-refractivity contribution in [2.75, 3.05) is 6.61 Å². The third-order valence-electron chi connectivity index (χ3n) is 1.41. The van der Waals surface area contributed by atoms with Crippen molar-refractivity contribution in [1.29, 1.82) is 0 Å². The van der Waals surface area contributed by atoms with Crippen molar-refractivity contribution in [1.82, 2.24) is 0 Å². The van der Waals surface area contributed by atoms with E-state index in [9.17, 15) is 9.18 Å². The van der Waals surface area contributed by atoms with Gasteiger partial charge < -0.3 is 4.84 Å². The van der Waals surface area contributed by atoms with Crippen molar-refractivity contribution in [2.24, 2.45) is 5.16 Å². The van der Waals surface area contributed by atoms with Crippen LogP contribution in [0.25, 0.3) is 0 Å². The molecule has 14 heavy (non-hydrogen) atoms. The fraction of sp³-hybridized carbons (Fsp3) is 0.200.